The van der Waals surface area contributed by atoms with Crippen molar-refractivity contribution in [1.82, 2.24) is 4.90 Å². The largest absolute Gasteiger partial charge is 0.330 e. The molecule has 0 unspecified atom stereocenters. The fourth-order valence-corrected chi connectivity index (χ4v) is 3.49. The second kappa shape index (κ2) is 7.24. The summed E-state index contributed by atoms with van der Waals surface area (Å²) in [6, 6.07) is 8.78. The van der Waals surface area contributed by atoms with Crippen molar-refractivity contribution in [2.45, 2.75) is 52.5 Å². The van der Waals surface area contributed by atoms with Crippen molar-refractivity contribution >= 4 is 0 Å². The van der Waals surface area contributed by atoms with Crippen LogP contribution in [0.25, 0.3) is 0 Å². The molecule has 1 aliphatic rings. The SMILES string of the molecule is CCC1(CC)CCN(Cc2ccccc2CCN)CC1. The van der Waals surface area contributed by atoms with Gasteiger partial charge in [0.1, 0.15) is 0 Å². The Hall–Kier alpha value is -0.860. The van der Waals surface area contributed by atoms with Crippen molar-refractivity contribution in [3.8, 4) is 0 Å². The van der Waals surface area contributed by atoms with E-state index in [1.165, 1.54) is 49.9 Å². The summed E-state index contributed by atoms with van der Waals surface area (Å²) < 4.78 is 0. The van der Waals surface area contributed by atoms with Crippen LogP contribution in [0, 0.1) is 5.41 Å². The molecule has 1 fully saturated rings. The molecule has 2 nitrogen and oxygen atoms in total. The number of likely N-dealkylation sites (tertiary alicyclic amines) is 1. The van der Waals surface area contributed by atoms with Gasteiger partial charge in [-0.25, -0.2) is 0 Å². The predicted octanol–water partition coefficient (Wildman–Crippen LogP) is 3.59. The van der Waals surface area contributed by atoms with Gasteiger partial charge in [0, 0.05) is 6.54 Å². The summed E-state index contributed by atoms with van der Waals surface area (Å²) >= 11 is 0. The molecule has 0 aliphatic carbocycles. The highest BCUT2D eigenvalue weighted by Gasteiger charge is 2.31. The van der Waals surface area contributed by atoms with Crippen LogP contribution in [-0.4, -0.2) is 24.5 Å². The standard InChI is InChI=1S/C18H30N2/c1-3-18(4-2)10-13-20(14-11-18)15-17-8-6-5-7-16(17)9-12-19/h5-8H,3-4,9-15,19H2,1-2H3. The smallest absolute Gasteiger partial charge is 0.0236 e. The molecule has 2 rings (SSSR count). The van der Waals surface area contributed by atoms with Crippen LogP contribution in [0.1, 0.15) is 50.7 Å². The Bertz CT molecular complexity index is 400. The second-order valence-corrected chi connectivity index (χ2v) is 6.29. The summed E-state index contributed by atoms with van der Waals surface area (Å²) in [5.74, 6) is 0. The summed E-state index contributed by atoms with van der Waals surface area (Å²) in [6.07, 6.45) is 6.39. The lowest BCUT2D eigenvalue weighted by Gasteiger charge is -2.41. The zero-order chi connectivity index (χ0) is 14.4. The monoisotopic (exact) mass is 274 g/mol. The highest BCUT2D eigenvalue weighted by molar-refractivity contribution is 5.27. The minimum atomic E-state index is 0.618. The molecule has 1 saturated heterocycles. The fraction of sp³-hybridized carbons (Fsp3) is 0.667. The van der Waals surface area contributed by atoms with Gasteiger partial charge in [0.05, 0.1) is 0 Å². The predicted molar refractivity (Wildman–Crippen MR) is 86.7 cm³/mol. The normalized spacial score (nSPS) is 19.1. The molecule has 0 bridgehead atoms. The first-order chi connectivity index (χ1) is 9.73. The topological polar surface area (TPSA) is 29.3 Å². The lowest BCUT2D eigenvalue weighted by molar-refractivity contribution is 0.0907. The Kier molecular flexibility index (Phi) is 5.62. The van der Waals surface area contributed by atoms with E-state index in [0.29, 0.717) is 5.41 Å². The molecule has 1 aromatic rings. The minimum Gasteiger partial charge on any atom is -0.330 e. The number of benzene rings is 1. The molecular formula is C18H30N2. The molecule has 1 aromatic carbocycles. The first-order valence-electron chi connectivity index (χ1n) is 8.22. The van der Waals surface area contributed by atoms with Crippen LogP contribution in [0.2, 0.25) is 0 Å². The van der Waals surface area contributed by atoms with Gasteiger partial charge >= 0.3 is 0 Å². The summed E-state index contributed by atoms with van der Waals surface area (Å²) in [6.45, 7) is 9.05. The molecule has 2 heteroatoms. The number of hydrogen-bond acceptors (Lipinski definition) is 2. The third-order valence-electron chi connectivity index (χ3n) is 5.34. The average Bonchev–Trinajstić information content (AvgIpc) is 2.51. The Labute approximate surface area is 124 Å². The zero-order valence-corrected chi connectivity index (χ0v) is 13.2. The molecule has 1 aliphatic heterocycles. The second-order valence-electron chi connectivity index (χ2n) is 6.29. The van der Waals surface area contributed by atoms with Crippen molar-refractivity contribution in [2.24, 2.45) is 11.1 Å². The van der Waals surface area contributed by atoms with Crippen LogP contribution in [0.15, 0.2) is 24.3 Å². The van der Waals surface area contributed by atoms with E-state index in [9.17, 15) is 0 Å². The van der Waals surface area contributed by atoms with Crippen molar-refractivity contribution in [3.05, 3.63) is 35.4 Å². The van der Waals surface area contributed by atoms with E-state index in [4.69, 9.17) is 5.73 Å². The first kappa shape index (κ1) is 15.5. The van der Waals surface area contributed by atoms with Gasteiger partial charge in [0.15, 0.2) is 0 Å². The molecule has 0 atom stereocenters. The molecular weight excluding hydrogens is 244 g/mol. The number of rotatable bonds is 6. The summed E-state index contributed by atoms with van der Waals surface area (Å²) in [4.78, 5) is 2.62. The van der Waals surface area contributed by atoms with Crippen LogP contribution in [-0.2, 0) is 13.0 Å². The van der Waals surface area contributed by atoms with E-state index < -0.39 is 0 Å². The average molecular weight is 274 g/mol. The maximum atomic E-state index is 5.72. The molecule has 112 valence electrons. The van der Waals surface area contributed by atoms with Gasteiger partial charge in [-0.3, -0.25) is 4.90 Å². The van der Waals surface area contributed by atoms with E-state index >= 15 is 0 Å². The molecule has 0 spiro atoms. The van der Waals surface area contributed by atoms with E-state index in [1.807, 2.05) is 0 Å². The van der Waals surface area contributed by atoms with Gasteiger partial charge in [-0.1, -0.05) is 51.0 Å². The maximum absolute atomic E-state index is 5.72. The minimum absolute atomic E-state index is 0.618. The molecule has 0 radical (unpaired) electrons. The summed E-state index contributed by atoms with van der Waals surface area (Å²) in [7, 11) is 0. The lowest BCUT2D eigenvalue weighted by atomic mass is 9.74. The maximum Gasteiger partial charge on any atom is 0.0236 e. The summed E-state index contributed by atoms with van der Waals surface area (Å²) in [5.41, 5.74) is 9.24. The van der Waals surface area contributed by atoms with Gasteiger partial charge in [-0.15, -0.1) is 0 Å². The van der Waals surface area contributed by atoms with Crippen LogP contribution in [0.3, 0.4) is 0 Å². The van der Waals surface area contributed by atoms with Crippen LogP contribution < -0.4 is 5.73 Å². The fourth-order valence-electron chi connectivity index (χ4n) is 3.49. The van der Waals surface area contributed by atoms with Gasteiger partial charge in [0.2, 0.25) is 0 Å². The van der Waals surface area contributed by atoms with Gasteiger partial charge in [-0.2, -0.15) is 0 Å². The number of nitrogens with zero attached hydrogens (tertiary/aromatic N) is 1. The third kappa shape index (κ3) is 3.62. The van der Waals surface area contributed by atoms with Crippen molar-refractivity contribution in [3.63, 3.8) is 0 Å². The summed E-state index contributed by atoms with van der Waals surface area (Å²) in [5, 5.41) is 0. The van der Waals surface area contributed by atoms with Crippen LogP contribution in [0.5, 0.6) is 0 Å². The van der Waals surface area contributed by atoms with Crippen molar-refractivity contribution in [1.29, 1.82) is 0 Å². The quantitative estimate of drug-likeness (QED) is 0.859. The van der Waals surface area contributed by atoms with E-state index in [1.54, 1.807) is 0 Å². The van der Waals surface area contributed by atoms with Crippen molar-refractivity contribution in [2.75, 3.05) is 19.6 Å². The Morgan fingerprint density at radius 3 is 2.20 bits per heavy atom. The highest BCUT2D eigenvalue weighted by Crippen LogP contribution is 2.38. The molecule has 2 N–H and O–H groups in total. The first-order valence-corrected chi connectivity index (χ1v) is 8.22. The van der Waals surface area contributed by atoms with Gasteiger partial charge < -0.3 is 5.73 Å². The van der Waals surface area contributed by atoms with Gasteiger partial charge in [0.25, 0.3) is 0 Å². The number of nitrogens with two attached hydrogens (primary N) is 1. The van der Waals surface area contributed by atoms with E-state index in [-0.39, 0.29) is 0 Å². The van der Waals surface area contributed by atoms with Crippen LogP contribution >= 0.6 is 0 Å². The van der Waals surface area contributed by atoms with Gasteiger partial charge in [-0.05, 0) is 55.4 Å². The Balaban J connectivity index is 1.96. The molecule has 20 heavy (non-hydrogen) atoms. The van der Waals surface area contributed by atoms with E-state index in [2.05, 4.69) is 43.0 Å². The molecule has 0 saturated carbocycles. The van der Waals surface area contributed by atoms with Crippen LogP contribution in [0.4, 0.5) is 0 Å². The Morgan fingerprint density at radius 2 is 1.65 bits per heavy atom. The molecule has 0 amide bonds. The zero-order valence-electron chi connectivity index (χ0n) is 13.2. The molecule has 0 aromatic heterocycles. The molecule has 1 heterocycles. The Morgan fingerprint density at radius 1 is 1.05 bits per heavy atom. The number of piperidine rings is 1. The number of hydrogen-bond donors (Lipinski definition) is 1. The third-order valence-corrected chi connectivity index (χ3v) is 5.34. The van der Waals surface area contributed by atoms with Crippen molar-refractivity contribution < 1.29 is 0 Å². The van der Waals surface area contributed by atoms with E-state index in [0.717, 1.165) is 19.5 Å². The lowest BCUT2D eigenvalue weighted by Crippen LogP contribution is -2.39. The highest BCUT2D eigenvalue weighted by atomic mass is 15.1.